The van der Waals surface area contributed by atoms with Gasteiger partial charge in [0.15, 0.2) is 0 Å². The molecule has 1 N–H and O–H groups in total. The molecule has 0 radical (unpaired) electrons. The third-order valence-corrected chi connectivity index (χ3v) is 2.31. The molecule has 6 heteroatoms. The molecule has 0 aliphatic rings. The highest BCUT2D eigenvalue weighted by Gasteiger charge is 2.20. The number of nitrogens with zero attached hydrogens (tertiary/aromatic N) is 1. The van der Waals surface area contributed by atoms with Crippen LogP contribution < -0.4 is 5.32 Å². The van der Waals surface area contributed by atoms with Crippen molar-refractivity contribution in [1.29, 1.82) is 0 Å². The van der Waals surface area contributed by atoms with E-state index in [1.165, 1.54) is 0 Å². The average molecular weight is 315 g/mol. The molecule has 5 nitrogen and oxygen atoms in total. The second-order valence-electron chi connectivity index (χ2n) is 4.65. The number of hydrogen-bond acceptors (Lipinski definition) is 4. The largest absolute Gasteiger partial charge is 0.444 e. The molecule has 0 spiro atoms. The Hall–Kier alpha value is -1.43. The van der Waals surface area contributed by atoms with Gasteiger partial charge in [-0.1, -0.05) is 6.07 Å². The zero-order chi connectivity index (χ0) is 13.8. The molecule has 0 fully saturated rings. The summed E-state index contributed by atoms with van der Waals surface area (Å²) in [4.78, 5) is 26.7. The minimum Gasteiger partial charge on any atom is -0.444 e. The zero-order valence-corrected chi connectivity index (χ0v) is 12.0. The first-order valence-corrected chi connectivity index (χ1v) is 6.18. The summed E-state index contributed by atoms with van der Waals surface area (Å²) < 4.78 is 5.67. The molecule has 1 aromatic heterocycles. The van der Waals surface area contributed by atoms with E-state index >= 15 is 0 Å². The third-order valence-electron chi connectivity index (χ3n) is 1.86. The first kappa shape index (κ1) is 14.6. The molecule has 1 aromatic rings. The first-order valence-electron chi connectivity index (χ1n) is 5.39. The zero-order valence-electron chi connectivity index (χ0n) is 10.4. The molecule has 1 amide bonds. The number of alkyl carbamates (subject to hydrolysis) is 1. The predicted octanol–water partition coefficient (Wildman–Crippen LogP) is 2.61. The van der Waals surface area contributed by atoms with Crippen LogP contribution in [0.2, 0.25) is 0 Å². The van der Waals surface area contributed by atoms with Crippen molar-refractivity contribution in [3.05, 3.63) is 28.5 Å². The van der Waals surface area contributed by atoms with Crippen molar-refractivity contribution in [2.24, 2.45) is 0 Å². The number of ether oxygens (including phenoxy) is 1. The predicted molar refractivity (Wildman–Crippen MR) is 70.1 cm³/mol. The van der Waals surface area contributed by atoms with Crippen molar-refractivity contribution in [1.82, 2.24) is 10.3 Å². The maximum absolute atomic E-state index is 11.6. The molecule has 1 atom stereocenters. The Labute approximate surface area is 114 Å². The Morgan fingerprint density at radius 2 is 2.17 bits per heavy atom. The number of rotatable bonds is 3. The average Bonchev–Trinajstić information content (AvgIpc) is 2.23. The van der Waals surface area contributed by atoms with Crippen LogP contribution in [0.4, 0.5) is 4.79 Å². The van der Waals surface area contributed by atoms with Crippen LogP contribution in [0, 0.1) is 0 Å². The topological polar surface area (TPSA) is 68.3 Å². The Kier molecular flexibility index (Phi) is 4.84. The summed E-state index contributed by atoms with van der Waals surface area (Å²) in [5.74, 6) is 0. The van der Waals surface area contributed by atoms with E-state index in [0.29, 0.717) is 16.6 Å². The van der Waals surface area contributed by atoms with Crippen LogP contribution in [0.25, 0.3) is 0 Å². The molecule has 0 aliphatic carbocycles. The van der Waals surface area contributed by atoms with Crippen LogP contribution in [-0.4, -0.2) is 23.0 Å². The molecule has 0 aromatic carbocycles. The highest BCUT2D eigenvalue weighted by molar-refractivity contribution is 9.10. The SMILES string of the molecule is CC(C)(C)OC(=O)NC(C=O)c1cccc(Br)n1. The lowest BCUT2D eigenvalue weighted by molar-refractivity contribution is -0.109. The summed E-state index contributed by atoms with van der Waals surface area (Å²) in [5.41, 5.74) is -0.160. The molecule has 0 saturated carbocycles. The fourth-order valence-corrected chi connectivity index (χ4v) is 1.57. The number of amides is 1. The van der Waals surface area contributed by atoms with Gasteiger partial charge in [-0.15, -0.1) is 0 Å². The van der Waals surface area contributed by atoms with E-state index in [-0.39, 0.29) is 0 Å². The van der Waals surface area contributed by atoms with Crippen molar-refractivity contribution < 1.29 is 14.3 Å². The van der Waals surface area contributed by atoms with E-state index < -0.39 is 17.7 Å². The molecular weight excluding hydrogens is 300 g/mol. The maximum Gasteiger partial charge on any atom is 0.408 e. The van der Waals surface area contributed by atoms with Crippen molar-refractivity contribution in [2.75, 3.05) is 0 Å². The fraction of sp³-hybridized carbons (Fsp3) is 0.417. The lowest BCUT2D eigenvalue weighted by Gasteiger charge is -2.21. The second kappa shape index (κ2) is 5.95. The van der Waals surface area contributed by atoms with Gasteiger partial charge < -0.3 is 14.8 Å². The Balaban J connectivity index is 2.74. The molecular formula is C12H15BrN2O3. The van der Waals surface area contributed by atoms with E-state index in [2.05, 4.69) is 26.2 Å². The summed E-state index contributed by atoms with van der Waals surface area (Å²) in [5, 5.41) is 2.45. The van der Waals surface area contributed by atoms with Gasteiger partial charge in [-0.3, -0.25) is 0 Å². The number of aromatic nitrogens is 1. The van der Waals surface area contributed by atoms with Gasteiger partial charge in [-0.2, -0.15) is 0 Å². The number of hydrogen-bond donors (Lipinski definition) is 1. The van der Waals surface area contributed by atoms with Gasteiger partial charge in [-0.05, 0) is 48.8 Å². The molecule has 1 rings (SSSR count). The highest BCUT2D eigenvalue weighted by Crippen LogP contribution is 2.13. The number of carbonyl (C=O) groups excluding carboxylic acids is 2. The number of nitrogens with one attached hydrogen (secondary N) is 1. The second-order valence-corrected chi connectivity index (χ2v) is 5.46. The molecule has 0 saturated heterocycles. The van der Waals surface area contributed by atoms with Crippen LogP contribution in [0.1, 0.15) is 32.5 Å². The monoisotopic (exact) mass is 314 g/mol. The van der Waals surface area contributed by atoms with E-state index in [0.717, 1.165) is 0 Å². The van der Waals surface area contributed by atoms with Gasteiger partial charge in [0, 0.05) is 0 Å². The van der Waals surface area contributed by atoms with E-state index in [9.17, 15) is 9.59 Å². The molecule has 0 bridgehead atoms. The fourth-order valence-electron chi connectivity index (χ4n) is 1.21. The van der Waals surface area contributed by atoms with Gasteiger partial charge in [0.2, 0.25) is 0 Å². The van der Waals surface area contributed by atoms with E-state index in [1.54, 1.807) is 39.0 Å². The number of carbonyl (C=O) groups is 2. The van der Waals surface area contributed by atoms with Crippen molar-refractivity contribution >= 4 is 28.3 Å². The third kappa shape index (κ3) is 4.83. The van der Waals surface area contributed by atoms with Crippen molar-refractivity contribution in [3.63, 3.8) is 0 Å². The van der Waals surface area contributed by atoms with Crippen LogP contribution in [-0.2, 0) is 9.53 Å². The molecule has 98 valence electrons. The van der Waals surface area contributed by atoms with Crippen LogP contribution >= 0.6 is 15.9 Å². The quantitative estimate of drug-likeness (QED) is 0.688. The molecule has 1 heterocycles. The van der Waals surface area contributed by atoms with Gasteiger partial charge in [0.1, 0.15) is 22.5 Å². The Morgan fingerprint density at radius 3 is 2.67 bits per heavy atom. The van der Waals surface area contributed by atoms with E-state index in [1.807, 2.05) is 0 Å². The van der Waals surface area contributed by atoms with Crippen LogP contribution in [0.5, 0.6) is 0 Å². The first-order chi connectivity index (χ1) is 8.31. The normalized spacial score (nSPS) is 12.7. The van der Waals surface area contributed by atoms with Gasteiger partial charge in [0.05, 0.1) is 5.69 Å². The van der Waals surface area contributed by atoms with Crippen molar-refractivity contribution in [2.45, 2.75) is 32.4 Å². The smallest absolute Gasteiger partial charge is 0.408 e. The van der Waals surface area contributed by atoms with Gasteiger partial charge in [0.25, 0.3) is 0 Å². The molecule has 1 unspecified atom stereocenters. The standard InChI is InChI=1S/C12H15BrN2O3/c1-12(2,3)18-11(17)15-9(7-16)8-5-4-6-10(13)14-8/h4-7,9H,1-3H3,(H,15,17). The van der Waals surface area contributed by atoms with Crippen molar-refractivity contribution in [3.8, 4) is 0 Å². The van der Waals surface area contributed by atoms with Gasteiger partial charge >= 0.3 is 6.09 Å². The van der Waals surface area contributed by atoms with E-state index in [4.69, 9.17) is 4.74 Å². The maximum atomic E-state index is 11.6. The Bertz CT molecular complexity index is 443. The summed E-state index contributed by atoms with van der Waals surface area (Å²) in [7, 11) is 0. The van der Waals surface area contributed by atoms with Crippen LogP contribution in [0.15, 0.2) is 22.8 Å². The van der Waals surface area contributed by atoms with Gasteiger partial charge in [-0.25, -0.2) is 9.78 Å². The minimum absolute atomic E-state index is 0.449. The van der Waals surface area contributed by atoms with Crippen LogP contribution in [0.3, 0.4) is 0 Å². The lowest BCUT2D eigenvalue weighted by Crippen LogP contribution is -2.35. The summed E-state index contributed by atoms with van der Waals surface area (Å²) >= 11 is 3.20. The summed E-state index contributed by atoms with van der Waals surface area (Å²) in [6.45, 7) is 5.25. The molecule has 0 aliphatic heterocycles. The Morgan fingerprint density at radius 1 is 1.50 bits per heavy atom. The number of pyridine rings is 1. The molecule has 18 heavy (non-hydrogen) atoms. The highest BCUT2D eigenvalue weighted by atomic mass is 79.9. The summed E-state index contributed by atoms with van der Waals surface area (Å²) in [6.07, 6.45) is -0.0417. The number of halogens is 1. The lowest BCUT2D eigenvalue weighted by atomic mass is 10.2. The minimum atomic E-state index is -0.822. The summed E-state index contributed by atoms with van der Waals surface area (Å²) in [6, 6.07) is 4.30. The number of aldehydes is 1.